The lowest BCUT2D eigenvalue weighted by atomic mass is 10.1. The molecule has 5 heteroatoms. The number of halogens is 1. The average molecular weight is 300 g/mol. The average Bonchev–Trinajstić information content (AvgIpc) is 3.09. The molecular formula is C14H22ClN3S. The van der Waals surface area contributed by atoms with Crippen LogP contribution in [0.2, 0.25) is 0 Å². The Labute approximate surface area is 124 Å². The summed E-state index contributed by atoms with van der Waals surface area (Å²) in [4.78, 5) is 9.82. The predicted octanol–water partition coefficient (Wildman–Crippen LogP) is 2.94. The molecular weight excluding hydrogens is 278 g/mol. The molecule has 3 rings (SSSR count). The maximum absolute atomic E-state index is 5.81. The quantitative estimate of drug-likeness (QED) is 0.797. The van der Waals surface area contributed by atoms with Crippen molar-refractivity contribution in [3.8, 4) is 0 Å². The molecule has 0 saturated carbocycles. The highest BCUT2D eigenvalue weighted by Crippen LogP contribution is 2.22. The zero-order valence-corrected chi connectivity index (χ0v) is 12.9. The Bertz CT molecular complexity index is 403. The fourth-order valence-corrected chi connectivity index (χ4v) is 4.28. The summed E-state index contributed by atoms with van der Waals surface area (Å²) in [7, 11) is 0. The van der Waals surface area contributed by atoms with Gasteiger partial charge >= 0.3 is 0 Å². The van der Waals surface area contributed by atoms with Crippen LogP contribution in [0, 0.1) is 0 Å². The standard InChI is InChI=1S/C14H22ClN3S/c15-8-12-11-19-14(16-12)10-17-7-4-13(9-17)18-5-2-1-3-6-18/h11,13H,1-10H2. The minimum absolute atomic E-state index is 0.535. The van der Waals surface area contributed by atoms with Crippen LogP contribution in [0.1, 0.15) is 36.4 Å². The van der Waals surface area contributed by atoms with Gasteiger partial charge in [-0.15, -0.1) is 22.9 Å². The monoisotopic (exact) mass is 299 g/mol. The van der Waals surface area contributed by atoms with E-state index in [-0.39, 0.29) is 0 Å². The van der Waals surface area contributed by atoms with Crippen molar-refractivity contribution >= 4 is 22.9 Å². The molecule has 0 bridgehead atoms. The summed E-state index contributed by atoms with van der Waals surface area (Å²) in [5.74, 6) is 0.535. The van der Waals surface area contributed by atoms with Crippen molar-refractivity contribution < 1.29 is 0 Å². The molecule has 2 aliphatic heterocycles. The van der Waals surface area contributed by atoms with Crippen LogP contribution < -0.4 is 0 Å². The molecule has 0 aromatic carbocycles. The van der Waals surface area contributed by atoms with Gasteiger partial charge in [-0.25, -0.2) is 4.98 Å². The molecule has 0 aliphatic carbocycles. The Morgan fingerprint density at radius 2 is 2.11 bits per heavy atom. The summed E-state index contributed by atoms with van der Waals surface area (Å²) in [5, 5.41) is 3.30. The SMILES string of the molecule is ClCc1csc(CN2CCC(N3CCCCC3)C2)n1. The molecule has 1 unspecified atom stereocenters. The fraction of sp³-hybridized carbons (Fsp3) is 0.786. The van der Waals surface area contributed by atoms with Crippen molar-refractivity contribution in [1.29, 1.82) is 0 Å². The molecule has 1 aromatic heterocycles. The van der Waals surface area contributed by atoms with Gasteiger partial charge in [-0.05, 0) is 32.4 Å². The second-order valence-electron chi connectivity index (χ2n) is 5.64. The van der Waals surface area contributed by atoms with Gasteiger partial charge in [0.15, 0.2) is 0 Å². The van der Waals surface area contributed by atoms with E-state index in [0.29, 0.717) is 5.88 Å². The van der Waals surface area contributed by atoms with Crippen molar-refractivity contribution in [2.24, 2.45) is 0 Å². The van der Waals surface area contributed by atoms with Gasteiger partial charge in [0.25, 0.3) is 0 Å². The second kappa shape index (κ2) is 6.53. The largest absolute Gasteiger partial charge is 0.299 e. The minimum Gasteiger partial charge on any atom is -0.299 e. The van der Waals surface area contributed by atoms with Crippen LogP contribution in [0.3, 0.4) is 0 Å². The Balaban J connectivity index is 1.51. The molecule has 3 nitrogen and oxygen atoms in total. The molecule has 0 amide bonds. The van der Waals surface area contributed by atoms with E-state index in [9.17, 15) is 0 Å². The van der Waals surface area contributed by atoms with Crippen molar-refractivity contribution in [2.75, 3.05) is 26.2 Å². The third-order valence-corrected chi connectivity index (χ3v) is 5.41. The Morgan fingerprint density at radius 1 is 1.26 bits per heavy atom. The number of piperidine rings is 1. The van der Waals surface area contributed by atoms with Gasteiger partial charge < -0.3 is 0 Å². The van der Waals surface area contributed by atoms with Crippen LogP contribution in [0.15, 0.2) is 5.38 Å². The predicted molar refractivity (Wildman–Crippen MR) is 80.8 cm³/mol. The normalized spacial score (nSPS) is 26.1. The highest BCUT2D eigenvalue weighted by molar-refractivity contribution is 7.09. The number of likely N-dealkylation sites (tertiary alicyclic amines) is 2. The molecule has 19 heavy (non-hydrogen) atoms. The number of aromatic nitrogens is 1. The summed E-state index contributed by atoms with van der Waals surface area (Å²) >= 11 is 7.55. The van der Waals surface area contributed by atoms with Gasteiger partial charge in [0.1, 0.15) is 5.01 Å². The highest BCUT2D eigenvalue weighted by atomic mass is 35.5. The highest BCUT2D eigenvalue weighted by Gasteiger charge is 2.28. The molecule has 2 fully saturated rings. The summed E-state index contributed by atoms with van der Waals surface area (Å²) in [5.41, 5.74) is 1.02. The number of rotatable bonds is 4. The molecule has 2 saturated heterocycles. The molecule has 106 valence electrons. The zero-order chi connectivity index (χ0) is 13.1. The first-order valence-electron chi connectivity index (χ1n) is 7.31. The summed E-state index contributed by atoms with van der Waals surface area (Å²) in [6, 6.07) is 0.785. The molecule has 0 N–H and O–H groups in total. The van der Waals surface area contributed by atoms with Gasteiger partial charge in [-0.1, -0.05) is 6.42 Å². The van der Waals surface area contributed by atoms with Crippen molar-refractivity contribution in [3.05, 3.63) is 16.1 Å². The first-order chi connectivity index (χ1) is 9.35. The van der Waals surface area contributed by atoms with E-state index in [0.717, 1.165) is 18.3 Å². The summed E-state index contributed by atoms with van der Waals surface area (Å²) in [6.07, 6.45) is 5.53. The van der Waals surface area contributed by atoms with E-state index in [1.54, 1.807) is 11.3 Å². The van der Waals surface area contributed by atoms with Crippen molar-refractivity contribution in [1.82, 2.24) is 14.8 Å². The molecule has 0 spiro atoms. The maximum Gasteiger partial charge on any atom is 0.107 e. The maximum atomic E-state index is 5.81. The lowest BCUT2D eigenvalue weighted by Crippen LogP contribution is -2.40. The molecule has 2 aliphatic rings. The summed E-state index contributed by atoms with van der Waals surface area (Å²) in [6.45, 7) is 6.07. The topological polar surface area (TPSA) is 19.4 Å². The smallest absolute Gasteiger partial charge is 0.107 e. The first-order valence-corrected chi connectivity index (χ1v) is 8.72. The number of alkyl halides is 1. The second-order valence-corrected chi connectivity index (χ2v) is 6.85. The minimum atomic E-state index is 0.535. The lowest BCUT2D eigenvalue weighted by Gasteiger charge is -2.32. The van der Waals surface area contributed by atoms with Crippen molar-refractivity contribution in [2.45, 2.75) is 44.1 Å². The molecule has 1 aromatic rings. The van der Waals surface area contributed by atoms with Gasteiger partial charge in [-0.2, -0.15) is 0 Å². The number of hydrogen-bond acceptors (Lipinski definition) is 4. The molecule has 0 radical (unpaired) electrons. The van der Waals surface area contributed by atoms with Crippen LogP contribution in [0.25, 0.3) is 0 Å². The van der Waals surface area contributed by atoms with Crippen molar-refractivity contribution in [3.63, 3.8) is 0 Å². The zero-order valence-electron chi connectivity index (χ0n) is 11.4. The third-order valence-electron chi connectivity index (χ3n) is 4.25. The molecule has 3 heterocycles. The number of hydrogen-bond donors (Lipinski definition) is 0. The van der Waals surface area contributed by atoms with E-state index in [1.807, 2.05) is 0 Å². The van der Waals surface area contributed by atoms with Gasteiger partial charge in [0.2, 0.25) is 0 Å². The van der Waals surface area contributed by atoms with Crippen LogP contribution >= 0.6 is 22.9 Å². The number of thiazole rings is 1. The van der Waals surface area contributed by atoms with E-state index in [2.05, 4.69) is 20.2 Å². The van der Waals surface area contributed by atoms with E-state index in [1.165, 1.54) is 56.9 Å². The van der Waals surface area contributed by atoms with Gasteiger partial charge in [0.05, 0.1) is 18.1 Å². The summed E-state index contributed by atoms with van der Waals surface area (Å²) < 4.78 is 0. The Morgan fingerprint density at radius 3 is 2.84 bits per heavy atom. The number of nitrogens with zero attached hydrogens (tertiary/aromatic N) is 3. The van der Waals surface area contributed by atoms with Crippen LogP contribution in [0.4, 0.5) is 0 Å². The first kappa shape index (κ1) is 13.8. The van der Waals surface area contributed by atoms with Crippen LogP contribution in [0.5, 0.6) is 0 Å². The van der Waals surface area contributed by atoms with Crippen LogP contribution in [-0.4, -0.2) is 47.0 Å². The fourth-order valence-electron chi connectivity index (χ4n) is 3.21. The van der Waals surface area contributed by atoms with E-state index >= 15 is 0 Å². The third kappa shape index (κ3) is 3.48. The lowest BCUT2D eigenvalue weighted by molar-refractivity contribution is 0.161. The van der Waals surface area contributed by atoms with E-state index < -0.39 is 0 Å². The molecule has 1 atom stereocenters. The Hall–Kier alpha value is -0.160. The van der Waals surface area contributed by atoms with E-state index in [4.69, 9.17) is 11.6 Å². The van der Waals surface area contributed by atoms with Gasteiger partial charge in [0, 0.05) is 24.5 Å². The van der Waals surface area contributed by atoms with Gasteiger partial charge in [-0.3, -0.25) is 9.80 Å². The van der Waals surface area contributed by atoms with Crippen LogP contribution in [-0.2, 0) is 12.4 Å². The Kier molecular flexibility index (Phi) is 4.74.